The molecule has 2 rings (SSSR count). The van der Waals surface area contributed by atoms with Gasteiger partial charge in [-0.25, -0.2) is 0 Å². The number of nitrogens with two attached hydrogens (primary N) is 1. The van der Waals surface area contributed by atoms with Gasteiger partial charge in [0.05, 0.1) is 5.69 Å². The first-order valence-electron chi connectivity index (χ1n) is 7.89. The standard InChI is InChI=1S/C17H26N2O2/c1-13-6-8-14(9-7-13)10-11-19-17(20)12-21-16-5-3-2-4-15(16)18/h2-5,13-14H,6-12,18H2,1H3,(H,19,20). The molecule has 21 heavy (non-hydrogen) atoms. The summed E-state index contributed by atoms with van der Waals surface area (Å²) in [5.74, 6) is 2.13. The summed E-state index contributed by atoms with van der Waals surface area (Å²) in [6.45, 7) is 3.09. The van der Waals surface area contributed by atoms with Crippen LogP contribution in [0.5, 0.6) is 5.75 Å². The summed E-state index contributed by atoms with van der Waals surface area (Å²) < 4.78 is 5.42. The molecule has 4 nitrogen and oxygen atoms in total. The highest BCUT2D eigenvalue weighted by atomic mass is 16.5. The molecule has 1 aliphatic carbocycles. The van der Waals surface area contributed by atoms with E-state index < -0.39 is 0 Å². The molecule has 0 aliphatic heterocycles. The van der Waals surface area contributed by atoms with Crippen molar-refractivity contribution < 1.29 is 9.53 Å². The van der Waals surface area contributed by atoms with Crippen molar-refractivity contribution in [2.45, 2.75) is 39.0 Å². The molecule has 0 bridgehead atoms. The fourth-order valence-electron chi connectivity index (χ4n) is 2.84. The molecule has 0 radical (unpaired) electrons. The summed E-state index contributed by atoms with van der Waals surface area (Å²) in [6, 6.07) is 7.21. The van der Waals surface area contributed by atoms with Crippen LogP contribution in [0.1, 0.15) is 39.0 Å². The van der Waals surface area contributed by atoms with Gasteiger partial charge in [-0.05, 0) is 30.4 Å². The zero-order chi connectivity index (χ0) is 15.1. The Bertz CT molecular complexity index is 454. The third-order valence-electron chi connectivity index (χ3n) is 4.29. The number of anilines is 1. The Morgan fingerprint density at radius 2 is 2.00 bits per heavy atom. The molecule has 1 aromatic carbocycles. The Hall–Kier alpha value is -1.71. The smallest absolute Gasteiger partial charge is 0.257 e. The van der Waals surface area contributed by atoms with Gasteiger partial charge in [-0.3, -0.25) is 4.79 Å². The van der Waals surface area contributed by atoms with Crippen molar-refractivity contribution >= 4 is 11.6 Å². The Morgan fingerprint density at radius 1 is 1.29 bits per heavy atom. The number of nitrogens with one attached hydrogen (secondary N) is 1. The van der Waals surface area contributed by atoms with E-state index in [4.69, 9.17) is 10.5 Å². The molecule has 1 aliphatic rings. The molecule has 0 aromatic heterocycles. The summed E-state index contributed by atoms with van der Waals surface area (Å²) in [5.41, 5.74) is 6.32. The molecule has 0 saturated heterocycles. The van der Waals surface area contributed by atoms with Crippen LogP contribution in [-0.2, 0) is 4.79 Å². The molecule has 0 spiro atoms. The van der Waals surface area contributed by atoms with Gasteiger partial charge < -0.3 is 15.8 Å². The van der Waals surface area contributed by atoms with Crippen molar-refractivity contribution in [1.29, 1.82) is 0 Å². The summed E-state index contributed by atoms with van der Waals surface area (Å²) in [4.78, 5) is 11.7. The van der Waals surface area contributed by atoms with Gasteiger partial charge in [0, 0.05) is 6.54 Å². The van der Waals surface area contributed by atoms with Crippen molar-refractivity contribution in [3.63, 3.8) is 0 Å². The molecule has 1 saturated carbocycles. The highest BCUT2D eigenvalue weighted by Crippen LogP contribution is 2.29. The monoisotopic (exact) mass is 290 g/mol. The van der Waals surface area contributed by atoms with E-state index in [1.165, 1.54) is 25.7 Å². The van der Waals surface area contributed by atoms with E-state index in [0.717, 1.165) is 24.8 Å². The predicted molar refractivity (Wildman–Crippen MR) is 85.1 cm³/mol. The van der Waals surface area contributed by atoms with Crippen molar-refractivity contribution in [3.8, 4) is 5.75 Å². The minimum absolute atomic E-state index is 0.0237. The SMILES string of the molecule is CC1CCC(CCNC(=O)COc2ccccc2N)CC1. The first-order chi connectivity index (χ1) is 10.1. The average molecular weight is 290 g/mol. The number of nitrogen functional groups attached to an aromatic ring is 1. The lowest BCUT2D eigenvalue weighted by atomic mass is 9.81. The van der Waals surface area contributed by atoms with Crippen LogP contribution in [0.15, 0.2) is 24.3 Å². The minimum Gasteiger partial charge on any atom is -0.482 e. The molecule has 1 aromatic rings. The Labute approximate surface area is 127 Å². The lowest BCUT2D eigenvalue weighted by Gasteiger charge is -2.26. The average Bonchev–Trinajstić information content (AvgIpc) is 2.48. The number of hydrogen-bond donors (Lipinski definition) is 2. The van der Waals surface area contributed by atoms with Crippen LogP contribution in [0, 0.1) is 11.8 Å². The van der Waals surface area contributed by atoms with Crippen molar-refractivity contribution in [1.82, 2.24) is 5.32 Å². The van der Waals surface area contributed by atoms with E-state index in [9.17, 15) is 4.79 Å². The van der Waals surface area contributed by atoms with Crippen LogP contribution in [0.4, 0.5) is 5.69 Å². The van der Waals surface area contributed by atoms with E-state index in [1.54, 1.807) is 12.1 Å². The predicted octanol–water partition coefficient (Wildman–Crippen LogP) is 2.98. The van der Waals surface area contributed by atoms with Crippen LogP contribution in [-0.4, -0.2) is 19.1 Å². The normalized spacial score (nSPS) is 21.8. The van der Waals surface area contributed by atoms with Crippen molar-refractivity contribution in [2.24, 2.45) is 11.8 Å². The third kappa shape index (κ3) is 5.29. The van der Waals surface area contributed by atoms with Gasteiger partial charge in [-0.2, -0.15) is 0 Å². The third-order valence-corrected chi connectivity index (χ3v) is 4.29. The van der Waals surface area contributed by atoms with Gasteiger partial charge >= 0.3 is 0 Å². The van der Waals surface area contributed by atoms with Crippen LogP contribution in [0.2, 0.25) is 0 Å². The second-order valence-corrected chi connectivity index (χ2v) is 6.09. The molecular weight excluding hydrogens is 264 g/mol. The van der Waals surface area contributed by atoms with E-state index >= 15 is 0 Å². The van der Waals surface area contributed by atoms with Gasteiger partial charge in [0.2, 0.25) is 0 Å². The second kappa shape index (κ2) is 7.91. The second-order valence-electron chi connectivity index (χ2n) is 6.09. The fraction of sp³-hybridized carbons (Fsp3) is 0.588. The number of ether oxygens (including phenoxy) is 1. The molecule has 0 heterocycles. The molecule has 0 atom stereocenters. The van der Waals surface area contributed by atoms with Gasteiger partial charge in [-0.1, -0.05) is 44.7 Å². The first kappa shape index (κ1) is 15.7. The molecule has 116 valence electrons. The zero-order valence-corrected chi connectivity index (χ0v) is 12.8. The van der Waals surface area contributed by atoms with E-state index in [2.05, 4.69) is 12.2 Å². The number of carbonyl (C=O) groups is 1. The number of para-hydroxylation sites is 2. The van der Waals surface area contributed by atoms with E-state index in [-0.39, 0.29) is 12.5 Å². The molecule has 1 amide bonds. The lowest BCUT2D eigenvalue weighted by Crippen LogP contribution is -2.31. The quantitative estimate of drug-likeness (QED) is 0.792. The number of benzene rings is 1. The maximum absolute atomic E-state index is 11.7. The van der Waals surface area contributed by atoms with Gasteiger partial charge in [0.1, 0.15) is 5.75 Å². The summed E-state index contributed by atoms with van der Waals surface area (Å²) in [5, 5.41) is 2.93. The van der Waals surface area contributed by atoms with Gasteiger partial charge in [-0.15, -0.1) is 0 Å². The molecule has 3 N–H and O–H groups in total. The summed E-state index contributed by atoms with van der Waals surface area (Å²) in [6.07, 6.45) is 6.33. The van der Waals surface area contributed by atoms with E-state index in [1.807, 2.05) is 12.1 Å². The topological polar surface area (TPSA) is 64.3 Å². The van der Waals surface area contributed by atoms with Crippen LogP contribution in [0.25, 0.3) is 0 Å². The van der Waals surface area contributed by atoms with E-state index in [0.29, 0.717) is 11.4 Å². The summed E-state index contributed by atoms with van der Waals surface area (Å²) in [7, 11) is 0. The number of hydrogen-bond acceptors (Lipinski definition) is 3. The maximum Gasteiger partial charge on any atom is 0.257 e. The van der Waals surface area contributed by atoms with Gasteiger partial charge in [0.25, 0.3) is 5.91 Å². The molecular formula is C17H26N2O2. The number of rotatable bonds is 6. The van der Waals surface area contributed by atoms with Crippen LogP contribution >= 0.6 is 0 Å². The van der Waals surface area contributed by atoms with Gasteiger partial charge in [0.15, 0.2) is 6.61 Å². The largest absolute Gasteiger partial charge is 0.482 e. The van der Waals surface area contributed by atoms with Crippen molar-refractivity contribution in [3.05, 3.63) is 24.3 Å². The van der Waals surface area contributed by atoms with Crippen molar-refractivity contribution in [2.75, 3.05) is 18.9 Å². The van der Waals surface area contributed by atoms with Crippen LogP contribution < -0.4 is 15.8 Å². The molecule has 1 fully saturated rings. The molecule has 4 heteroatoms. The lowest BCUT2D eigenvalue weighted by molar-refractivity contribution is -0.123. The summed E-state index contributed by atoms with van der Waals surface area (Å²) >= 11 is 0. The van der Waals surface area contributed by atoms with Crippen LogP contribution in [0.3, 0.4) is 0 Å². The fourth-order valence-corrected chi connectivity index (χ4v) is 2.84. The molecule has 0 unspecified atom stereocenters. The number of amides is 1. The maximum atomic E-state index is 11.7. The first-order valence-corrected chi connectivity index (χ1v) is 7.89. The Morgan fingerprint density at radius 3 is 2.71 bits per heavy atom. The highest BCUT2D eigenvalue weighted by molar-refractivity contribution is 5.77. The zero-order valence-electron chi connectivity index (χ0n) is 12.8. The minimum atomic E-state index is -0.0811. The number of carbonyl (C=O) groups excluding carboxylic acids is 1. The Balaban J connectivity index is 1.61. The highest BCUT2D eigenvalue weighted by Gasteiger charge is 2.17. The Kier molecular flexibility index (Phi) is 5.90.